The Morgan fingerprint density at radius 1 is 1.30 bits per heavy atom. The molecule has 2 unspecified atom stereocenters. The Hall–Kier alpha value is -1.64. The van der Waals surface area contributed by atoms with E-state index < -0.39 is 40.6 Å². The van der Waals surface area contributed by atoms with Crippen LogP contribution in [-0.2, 0) is 0 Å². The van der Waals surface area contributed by atoms with Gasteiger partial charge in [0.2, 0.25) is 0 Å². The van der Waals surface area contributed by atoms with E-state index in [1.54, 1.807) is 6.92 Å². The van der Waals surface area contributed by atoms with E-state index in [1.165, 1.54) is 4.90 Å². The van der Waals surface area contributed by atoms with Crippen molar-refractivity contribution in [2.45, 2.75) is 56.8 Å². The molecule has 2 saturated heterocycles. The van der Waals surface area contributed by atoms with Crippen LogP contribution in [0.5, 0.6) is 0 Å². The summed E-state index contributed by atoms with van der Waals surface area (Å²) in [5.41, 5.74) is -1.75. The molecule has 0 saturated carbocycles. The molecule has 5 nitrogen and oxygen atoms in total. The SMILES string of the molecule is CC1N(C(=O)c2ccc(F)c(F)c2F)CC1(O)[C@@H]1CCCCN1[C@@H](C)CO. The number of nitrogens with zero attached hydrogens (tertiary/aromatic N) is 2. The number of carbonyl (C=O) groups excluding carboxylic acids is 1. The topological polar surface area (TPSA) is 64.0 Å². The van der Waals surface area contributed by atoms with Crippen LogP contribution in [0.1, 0.15) is 43.5 Å². The van der Waals surface area contributed by atoms with E-state index in [0.717, 1.165) is 31.9 Å². The number of aliphatic hydroxyl groups is 2. The number of piperidine rings is 1. The number of likely N-dealkylation sites (tertiary alicyclic amines) is 2. The summed E-state index contributed by atoms with van der Waals surface area (Å²) < 4.78 is 40.5. The summed E-state index contributed by atoms with van der Waals surface area (Å²) in [5, 5.41) is 20.7. The highest BCUT2D eigenvalue weighted by Gasteiger charge is 2.57. The van der Waals surface area contributed by atoms with Crippen LogP contribution in [-0.4, -0.2) is 69.3 Å². The summed E-state index contributed by atoms with van der Waals surface area (Å²) in [4.78, 5) is 15.9. The van der Waals surface area contributed by atoms with Gasteiger partial charge in [0.1, 0.15) is 5.60 Å². The third-order valence-corrected chi connectivity index (χ3v) is 6.09. The molecule has 0 aromatic heterocycles. The molecular weight excluding hydrogens is 361 g/mol. The lowest BCUT2D eigenvalue weighted by molar-refractivity contribution is -0.181. The minimum absolute atomic E-state index is 0.0231. The van der Waals surface area contributed by atoms with E-state index in [0.29, 0.717) is 6.07 Å². The average molecular weight is 386 g/mol. The van der Waals surface area contributed by atoms with Crippen LogP contribution in [0.2, 0.25) is 0 Å². The first-order chi connectivity index (χ1) is 12.7. The highest BCUT2D eigenvalue weighted by Crippen LogP contribution is 2.40. The Kier molecular flexibility index (Phi) is 5.52. The predicted molar refractivity (Wildman–Crippen MR) is 92.7 cm³/mol. The zero-order valence-electron chi connectivity index (χ0n) is 15.5. The normalized spacial score (nSPS) is 30.1. The van der Waals surface area contributed by atoms with Gasteiger partial charge in [-0.05, 0) is 45.4 Å². The van der Waals surface area contributed by atoms with Crippen molar-refractivity contribution in [1.29, 1.82) is 0 Å². The molecule has 4 atom stereocenters. The minimum Gasteiger partial charge on any atom is -0.395 e. The molecule has 2 fully saturated rings. The van der Waals surface area contributed by atoms with Gasteiger partial charge in [-0.25, -0.2) is 13.2 Å². The molecule has 3 rings (SSSR count). The summed E-state index contributed by atoms with van der Waals surface area (Å²) in [6.07, 6.45) is 2.63. The number of rotatable bonds is 4. The van der Waals surface area contributed by atoms with E-state index in [9.17, 15) is 28.2 Å². The fraction of sp³-hybridized carbons (Fsp3) is 0.632. The number of carbonyl (C=O) groups is 1. The molecule has 27 heavy (non-hydrogen) atoms. The van der Waals surface area contributed by atoms with E-state index in [1.807, 2.05) is 6.92 Å². The first kappa shape index (κ1) is 20.1. The molecule has 2 aliphatic heterocycles. The number of hydrogen-bond donors (Lipinski definition) is 2. The highest BCUT2D eigenvalue weighted by molar-refractivity contribution is 5.95. The van der Waals surface area contributed by atoms with Crippen LogP contribution in [0.4, 0.5) is 13.2 Å². The van der Waals surface area contributed by atoms with Crippen LogP contribution in [0, 0.1) is 17.5 Å². The van der Waals surface area contributed by atoms with Crippen molar-refractivity contribution >= 4 is 5.91 Å². The van der Waals surface area contributed by atoms with Gasteiger partial charge in [0.05, 0.1) is 24.8 Å². The van der Waals surface area contributed by atoms with E-state index in [-0.39, 0.29) is 25.2 Å². The van der Waals surface area contributed by atoms with Gasteiger partial charge in [-0.15, -0.1) is 0 Å². The van der Waals surface area contributed by atoms with Crippen LogP contribution < -0.4 is 0 Å². The Morgan fingerprint density at radius 2 is 2.00 bits per heavy atom. The predicted octanol–water partition coefficient (Wildman–Crippen LogP) is 1.91. The maximum atomic E-state index is 14.0. The summed E-state index contributed by atoms with van der Waals surface area (Å²) in [5.74, 6) is -5.33. The van der Waals surface area contributed by atoms with Gasteiger partial charge in [-0.1, -0.05) is 6.42 Å². The van der Waals surface area contributed by atoms with Crippen molar-refractivity contribution in [3.8, 4) is 0 Å². The quantitative estimate of drug-likeness (QED) is 0.776. The van der Waals surface area contributed by atoms with E-state index in [4.69, 9.17) is 0 Å². The number of β-amino-alcohol motifs (C(OH)–C–C–N with tert-alkyl or cyclic N) is 1. The molecular formula is C19H25F3N2O3. The smallest absolute Gasteiger partial charge is 0.257 e. The van der Waals surface area contributed by atoms with Gasteiger partial charge in [-0.2, -0.15) is 0 Å². The first-order valence-electron chi connectivity index (χ1n) is 9.25. The number of benzene rings is 1. The highest BCUT2D eigenvalue weighted by atomic mass is 19.2. The van der Waals surface area contributed by atoms with E-state index in [2.05, 4.69) is 4.90 Å². The Morgan fingerprint density at radius 3 is 2.63 bits per heavy atom. The van der Waals surface area contributed by atoms with Gasteiger partial charge in [0.15, 0.2) is 17.5 Å². The Bertz CT molecular complexity index is 732. The summed E-state index contributed by atoms with van der Waals surface area (Å²) in [6, 6.07) is 0.658. The maximum absolute atomic E-state index is 14.0. The molecule has 0 aliphatic carbocycles. The summed E-state index contributed by atoms with van der Waals surface area (Å²) in [6.45, 7) is 4.22. The van der Waals surface area contributed by atoms with Crippen molar-refractivity contribution in [2.24, 2.45) is 0 Å². The summed E-state index contributed by atoms with van der Waals surface area (Å²) >= 11 is 0. The molecule has 1 aromatic rings. The lowest BCUT2D eigenvalue weighted by atomic mass is 9.73. The van der Waals surface area contributed by atoms with Crippen molar-refractivity contribution in [1.82, 2.24) is 9.80 Å². The average Bonchev–Trinajstić information content (AvgIpc) is 2.68. The van der Waals surface area contributed by atoms with Crippen LogP contribution in [0.15, 0.2) is 12.1 Å². The molecule has 8 heteroatoms. The van der Waals surface area contributed by atoms with Crippen LogP contribution in [0.3, 0.4) is 0 Å². The number of hydrogen-bond acceptors (Lipinski definition) is 4. The van der Waals surface area contributed by atoms with Gasteiger partial charge < -0.3 is 15.1 Å². The van der Waals surface area contributed by atoms with Gasteiger partial charge in [-0.3, -0.25) is 9.69 Å². The molecule has 0 bridgehead atoms. The molecule has 2 aliphatic rings. The van der Waals surface area contributed by atoms with Gasteiger partial charge in [0, 0.05) is 12.1 Å². The minimum atomic E-state index is -1.68. The lowest BCUT2D eigenvalue weighted by Crippen LogP contribution is -2.78. The second kappa shape index (κ2) is 7.41. The van der Waals surface area contributed by atoms with Crippen molar-refractivity contribution in [2.75, 3.05) is 19.7 Å². The summed E-state index contributed by atoms with van der Waals surface area (Å²) in [7, 11) is 0. The van der Waals surface area contributed by atoms with Crippen LogP contribution >= 0.6 is 0 Å². The Labute approximate surface area is 156 Å². The number of amides is 1. The molecule has 2 heterocycles. The second-order valence-electron chi connectivity index (χ2n) is 7.60. The fourth-order valence-electron chi connectivity index (χ4n) is 4.30. The molecule has 2 N–H and O–H groups in total. The van der Waals surface area contributed by atoms with Gasteiger partial charge in [0.25, 0.3) is 5.91 Å². The Balaban J connectivity index is 1.79. The van der Waals surface area contributed by atoms with Crippen molar-refractivity contribution in [3.05, 3.63) is 35.1 Å². The van der Waals surface area contributed by atoms with Crippen molar-refractivity contribution in [3.63, 3.8) is 0 Å². The molecule has 0 radical (unpaired) electrons. The molecule has 0 spiro atoms. The molecule has 1 aromatic carbocycles. The monoisotopic (exact) mass is 386 g/mol. The van der Waals surface area contributed by atoms with Gasteiger partial charge >= 0.3 is 0 Å². The zero-order valence-corrected chi connectivity index (χ0v) is 15.5. The fourth-order valence-corrected chi connectivity index (χ4v) is 4.30. The third-order valence-electron chi connectivity index (χ3n) is 6.09. The standard InChI is InChI=1S/C19H25F3N2O3/c1-11(9-25)23-8-4-3-5-15(23)19(27)10-24(12(19)2)18(26)13-6-7-14(20)17(22)16(13)21/h6-7,11-12,15,25,27H,3-5,8-10H2,1-2H3/t11-,12?,15-,19?/m0/s1. The lowest BCUT2D eigenvalue weighted by Gasteiger charge is -2.60. The molecule has 1 amide bonds. The largest absolute Gasteiger partial charge is 0.395 e. The number of halogens is 3. The first-order valence-corrected chi connectivity index (χ1v) is 9.25. The number of aliphatic hydroxyl groups excluding tert-OH is 1. The van der Waals surface area contributed by atoms with Crippen LogP contribution in [0.25, 0.3) is 0 Å². The third kappa shape index (κ3) is 3.23. The zero-order chi connectivity index (χ0) is 19.9. The maximum Gasteiger partial charge on any atom is 0.257 e. The van der Waals surface area contributed by atoms with Crippen molar-refractivity contribution < 1.29 is 28.2 Å². The second-order valence-corrected chi connectivity index (χ2v) is 7.60. The van der Waals surface area contributed by atoms with E-state index >= 15 is 0 Å². The molecule has 150 valence electrons.